The molecule has 78 valence electrons. The Morgan fingerprint density at radius 2 is 1.93 bits per heavy atom. The number of benzene rings is 1. The third-order valence-electron chi connectivity index (χ3n) is 1.66. The molecule has 0 aliphatic heterocycles. The Morgan fingerprint density at radius 1 is 1.36 bits per heavy atom. The van der Waals surface area contributed by atoms with Gasteiger partial charge in [0.05, 0.1) is 6.42 Å². The van der Waals surface area contributed by atoms with E-state index in [0.717, 1.165) is 18.2 Å². The van der Waals surface area contributed by atoms with Gasteiger partial charge < -0.3 is 5.32 Å². The van der Waals surface area contributed by atoms with E-state index in [1.165, 1.54) is 0 Å². The van der Waals surface area contributed by atoms with Crippen LogP contribution in [0.2, 0.25) is 0 Å². The molecule has 1 amide bonds. The Kier molecular flexibility index (Phi) is 3.56. The number of hydrogen-bond acceptors (Lipinski definition) is 1. The monoisotopic (exact) mass is 201 g/mol. The lowest BCUT2D eigenvalue weighted by Gasteiger charge is -2.02. The van der Waals surface area contributed by atoms with Crippen molar-refractivity contribution in [3.8, 4) is 0 Å². The van der Waals surface area contributed by atoms with Crippen LogP contribution in [-0.2, 0) is 11.2 Å². The first-order chi connectivity index (χ1) is 6.61. The van der Waals surface area contributed by atoms with Crippen molar-refractivity contribution in [3.05, 3.63) is 35.4 Å². The minimum atomic E-state index is -0.663. The molecule has 2 nitrogen and oxygen atoms in total. The molecule has 0 aliphatic rings. The van der Waals surface area contributed by atoms with Crippen LogP contribution in [0.3, 0.4) is 0 Å². The van der Waals surface area contributed by atoms with Crippen molar-refractivity contribution in [3.63, 3.8) is 0 Å². The normalized spacial score (nSPS) is 9.93. The van der Waals surface area contributed by atoms with Crippen molar-refractivity contribution in [1.82, 2.24) is 5.32 Å². The van der Waals surface area contributed by atoms with Crippen LogP contribution in [-0.4, -0.2) is 12.5 Å². The molecule has 1 aromatic carbocycles. The third-order valence-corrected chi connectivity index (χ3v) is 1.66. The van der Waals surface area contributed by atoms with Gasteiger partial charge in [0.15, 0.2) is 0 Å². The second kappa shape index (κ2) is 4.69. The molecule has 0 spiro atoms. The largest absolute Gasteiger partial charge is 0.356 e. The highest BCUT2D eigenvalue weighted by molar-refractivity contribution is 5.78. The first kappa shape index (κ1) is 10.6. The topological polar surface area (TPSA) is 29.1 Å². The minimum absolute atomic E-state index is 0. The molecule has 0 bridgehead atoms. The SMILES string of the molecule is CCNC(=O)Cc1cc(F)cc(F)c1.[HH]. The van der Waals surface area contributed by atoms with Gasteiger partial charge in [0.2, 0.25) is 5.91 Å². The zero-order chi connectivity index (χ0) is 10.6. The fraction of sp³-hybridized carbons (Fsp3) is 0.300. The van der Waals surface area contributed by atoms with Gasteiger partial charge in [-0.3, -0.25) is 4.79 Å². The molecular formula is C10H13F2NO. The van der Waals surface area contributed by atoms with E-state index in [2.05, 4.69) is 5.32 Å². The van der Waals surface area contributed by atoms with Gasteiger partial charge in [-0.25, -0.2) is 8.78 Å². The third kappa shape index (κ3) is 3.12. The number of rotatable bonds is 3. The Labute approximate surface area is 82.4 Å². The summed E-state index contributed by atoms with van der Waals surface area (Å²) in [6.07, 6.45) is 0.00250. The number of hydrogen-bond donors (Lipinski definition) is 1. The van der Waals surface area contributed by atoms with E-state index in [4.69, 9.17) is 0 Å². The van der Waals surface area contributed by atoms with Gasteiger partial charge in [-0.1, -0.05) is 0 Å². The lowest BCUT2D eigenvalue weighted by Crippen LogP contribution is -2.24. The second-order valence-electron chi connectivity index (χ2n) is 2.91. The Morgan fingerprint density at radius 3 is 2.43 bits per heavy atom. The van der Waals surface area contributed by atoms with E-state index in [-0.39, 0.29) is 13.8 Å². The molecule has 0 saturated heterocycles. The molecule has 0 aromatic heterocycles. The Hall–Kier alpha value is -1.45. The van der Waals surface area contributed by atoms with Gasteiger partial charge in [0.25, 0.3) is 0 Å². The highest BCUT2D eigenvalue weighted by atomic mass is 19.1. The fourth-order valence-electron chi connectivity index (χ4n) is 1.16. The lowest BCUT2D eigenvalue weighted by molar-refractivity contribution is -0.120. The zero-order valence-corrected chi connectivity index (χ0v) is 7.81. The van der Waals surface area contributed by atoms with E-state index >= 15 is 0 Å². The second-order valence-corrected chi connectivity index (χ2v) is 2.91. The van der Waals surface area contributed by atoms with Crippen molar-refractivity contribution in [1.29, 1.82) is 0 Å². The molecule has 0 radical (unpaired) electrons. The van der Waals surface area contributed by atoms with Gasteiger partial charge in [-0.2, -0.15) is 0 Å². The average molecular weight is 201 g/mol. The summed E-state index contributed by atoms with van der Waals surface area (Å²) in [5.74, 6) is -1.56. The summed E-state index contributed by atoms with van der Waals surface area (Å²) in [7, 11) is 0. The van der Waals surface area contributed by atoms with Crippen LogP contribution in [0.5, 0.6) is 0 Å². The smallest absolute Gasteiger partial charge is 0.224 e. The summed E-state index contributed by atoms with van der Waals surface area (Å²) in [5.41, 5.74) is 0.341. The molecule has 0 saturated carbocycles. The molecule has 0 aliphatic carbocycles. The molecule has 0 unspecified atom stereocenters. The summed E-state index contributed by atoms with van der Waals surface area (Å²) in [6, 6.07) is 3.08. The van der Waals surface area contributed by atoms with E-state index in [9.17, 15) is 13.6 Å². The Balaban J connectivity index is 0.00000196. The standard InChI is InChI=1S/C10H11F2NO.H2/c1-2-13-10(14)5-7-3-8(11)6-9(12)4-7;/h3-4,6H,2,5H2,1H3,(H,13,14);1H. The maximum absolute atomic E-state index is 12.7. The van der Waals surface area contributed by atoms with Crippen LogP contribution >= 0.6 is 0 Å². The fourth-order valence-corrected chi connectivity index (χ4v) is 1.16. The number of halogens is 2. The van der Waals surface area contributed by atoms with Gasteiger partial charge in [-0.15, -0.1) is 0 Å². The van der Waals surface area contributed by atoms with Crippen LogP contribution in [0.25, 0.3) is 0 Å². The number of carbonyl (C=O) groups excluding carboxylic acids is 1. The summed E-state index contributed by atoms with van der Waals surface area (Å²) in [6.45, 7) is 2.29. The molecule has 0 atom stereocenters. The van der Waals surface area contributed by atoms with Crippen LogP contribution in [0.4, 0.5) is 8.78 Å². The number of amides is 1. The van der Waals surface area contributed by atoms with Crippen molar-refractivity contribution in [2.75, 3.05) is 6.54 Å². The molecular weight excluding hydrogens is 188 g/mol. The van der Waals surface area contributed by atoms with Gasteiger partial charge in [0, 0.05) is 14.0 Å². The van der Waals surface area contributed by atoms with E-state index in [0.29, 0.717) is 12.1 Å². The van der Waals surface area contributed by atoms with Crippen LogP contribution < -0.4 is 5.32 Å². The summed E-state index contributed by atoms with van der Waals surface area (Å²) < 4.78 is 25.4. The zero-order valence-electron chi connectivity index (χ0n) is 7.81. The van der Waals surface area contributed by atoms with Crippen LogP contribution in [0.1, 0.15) is 13.9 Å². The number of nitrogens with one attached hydrogen (secondary N) is 1. The molecule has 0 heterocycles. The van der Waals surface area contributed by atoms with Gasteiger partial charge in [-0.05, 0) is 24.6 Å². The highest BCUT2D eigenvalue weighted by Gasteiger charge is 2.05. The van der Waals surface area contributed by atoms with Crippen molar-refractivity contribution in [2.24, 2.45) is 0 Å². The summed E-state index contributed by atoms with van der Waals surface area (Å²) >= 11 is 0. The molecule has 1 rings (SSSR count). The van der Waals surface area contributed by atoms with E-state index in [1.54, 1.807) is 6.92 Å². The maximum Gasteiger partial charge on any atom is 0.224 e. The van der Waals surface area contributed by atoms with Gasteiger partial charge >= 0.3 is 0 Å². The number of likely N-dealkylation sites (N-methyl/N-ethyl adjacent to an activating group) is 1. The first-order valence-electron chi connectivity index (χ1n) is 4.33. The predicted octanol–water partition coefficient (Wildman–Crippen LogP) is 1.89. The summed E-state index contributed by atoms with van der Waals surface area (Å²) in [5, 5.41) is 2.55. The van der Waals surface area contributed by atoms with Crippen molar-refractivity contribution >= 4 is 5.91 Å². The van der Waals surface area contributed by atoms with E-state index < -0.39 is 11.6 Å². The minimum Gasteiger partial charge on any atom is -0.356 e. The Bertz CT molecular complexity index is 324. The lowest BCUT2D eigenvalue weighted by atomic mass is 10.1. The molecule has 1 aromatic rings. The molecule has 4 heteroatoms. The predicted molar refractivity (Wildman–Crippen MR) is 50.9 cm³/mol. The van der Waals surface area contributed by atoms with Crippen molar-refractivity contribution < 1.29 is 15.0 Å². The summed E-state index contributed by atoms with van der Waals surface area (Å²) in [4.78, 5) is 11.1. The van der Waals surface area contributed by atoms with Crippen LogP contribution in [0, 0.1) is 11.6 Å². The molecule has 1 N–H and O–H groups in total. The van der Waals surface area contributed by atoms with E-state index in [1.807, 2.05) is 0 Å². The molecule has 14 heavy (non-hydrogen) atoms. The van der Waals surface area contributed by atoms with Crippen molar-refractivity contribution in [2.45, 2.75) is 13.3 Å². The van der Waals surface area contributed by atoms with Crippen LogP contribution in [0.15, 0.2) is 18.2 Å². The average Bonchev–Trinajstić information content (AvgIpc) is 2.01. The first-order valence-corrected chi connectivity index (χ1v) is 4.33. The number of carbonyl (C=O) groups is 1. The quantitative estimate of drug-likeness (QED) is 0.795. The maximum atomic E-state index is 12.7. The van der Waals surface area contributed by atoms with Gasteiger partial charge in [0.1, 0.15) is 11.6 Å². The highest BCUT2D eigenvalue weighted by Crippen LogP contribution is 2.08. The molecule has 0 fully saturated rings.